The van der Waals surface area contributed by atoms with Crippen molar-refractivity contribution in [3.63, 3.8) is 0 Å². The van der Waals surface area contributed by atoms with E-state index in [2.05, 4.69) is 15.4 Å². The average Bonchev–Trinajstić information content (AvgIpc) is 3.22. The van der Waals surface area contributed by atoms with E-state index in [1.165, 1.54) is 0 Å². The summed E-state index contributed by atoms with van der Waals surface area (Å²) in [6, 6.07) is 6.74. The first-order chi connectivity index (χ1) is 10.0. The molecule has 2 amide bonds. The van der Waals surface area contributed by atoms with Crippen LogP contribution in [0.5, 0.6) is 0 Å². The third-order valence-corrected chi connectivity index (χ3v) is 2.82. The zero-order valence-electron chi connectivity index (χ0n) is 11.3. The number of carboxylic acids is 1. The second-order valence-corrected chi connectivity index (χ2v) is 4.78. The maximum atomic E-state index is 11.6. The van der Waals surface area contributed by atoms with Crippen LogP contribution in [0.25, 0.3) is 0 Å². The van der Waals surface area contributed by atoms with Gasteiger partial charge >= 0.3 is 5.97 Å². The van der Waals surface area contributed by atoms with Gasteiger partial charge in [0.2, 0.25) is 11.8 Å². The number of nitrogens with one attached hydrogen (secondary N) is 2. The molecule has 0 spiro atoms. The van der Waals surface area contributed by atoms with E-state index in [1.807, 2.05) is 0 Å². The van der Waals surface area contributed by atoms with E-state index in [0.29, 0.717) is 11.4 Å². The number of amides is 2. The summed E-state index contributed by atoms with van der Waals surface area (Å²) in [5.41, 5.74) is 1.11. The molecule has 112 valence electrons. The van der Waals surface area contributed by atoms with Gasteiger partial charge in [0.25, 0.3) is 0 Å². The zero-order chi connectivity index (χ0) is 15.2. The predicted octanol–water partition coefficient (Wildman–Crippen LogP) is 1.07. The molecule has 0 atom stereocenters. The van der Waals surface area contributed by atoms with Crippen LogP contribution in [0.1, 0.15) is 12.8 Å². The molecule has 0 heterocycles. The molecule has 0 saturated heterocycles. The van der Waals surface area contributed by atoms with Gasteiger partial charge in [-0.05, 0) is 31.0 Å². The zero-order valence-corrected chi connectivity index (χ0v) is 11.3. The molecule has 0 radical (unpaired) electrons. The smallest absolute Gasteiger partial charge is 0.329 e. The number of carbonyl (C=O) groups excluding carboxylic acids is 2. The number of ether oxygens (including phenoxy) is 1. The minimum Gasteiger partial charge on any atom is -0.480 e. The van der Waals surface area contributed by atoms with Crippen molar-refractivity contribution in [1.82, 2.24) is 0 Å². The van der Waals surface area contributed by atoms with Gasteiger partial charge < -0.3 is 20.5 Å². The molecule has 1 saturated carbocycles. The lowest BCUT2D eigenvalue weighted by Gasteiger charge is -2.08. The molecule has 1 aromatic carbocycles. The number of hydrogen-bond donors (Lipinski definition) is 3. The van der Waals surface area contributed by atoms with Crippen LogP contribution in [0.15, 0.2) is 24.3 Å². The first-order valence-electron chi connectivity index (χ1n) is 6.55. The molecule has 7 heteroatoms. The van der Waals surface area contributed by atoms with Gasteiger partial charge in [0, 0.05) is 17.3 Å². The third-order valence-electron chi connectivity index (χ3n) is 2.82. The Hall–Kier alpha value is -2.41. The van der Waals surface area contributed by atoms with E-state index in [4.69, 9.17) is 5.11 Å². The van der Waals surface area contributed by atoms with E-state index in [-0.39, 0.29) is 18.4 Å². The summed E-state index contributed by atoms with van der Waals surface area (Å²) in [7, 11) is 0. The molecule has 1 aliphatic carbocycles. The van der Waals surface area contributed by atoms with Gasteiger partial charge in [-0.3, -0.25) is 9.59 Å². The monoisotopic (exact) mass is 292 g/mol. The Kier molecular flexibility index (Phi) is 4.89. The first-order valence-corrected chi connectivity index (χ1v) is 6.55. The van der Waals surface area contributed by atoms with Crippen molar-refractivity contribution in [2.75, 3.05) is 23.8 Å². The summed E-state index contributed by atoms with van der Waals surface area (Å²) in [6.07, 6.45) is 1.84. The average molecular weight is 292 g/mol. The summed E-state index contributed by atoms with van der Waals surface area (Å²) < 4.78 is 4.68. The maximum absolute atomic E-state index is 11.6. The normalized spacial score (nSPS) is 13.5. The number of aliphatic carboxylic acids is 1. The number of carboxylic acid groups (broad SMARTS) is 1. The summed E-state index contributed by atoms with van der Waals surface area (Å²) in [5, 5.41) is 13.7. The molecule has 0 bridgehead atoms. The molecular formula is C14H16N2O5. The standard InChI is InChI=1S/C14H16N2O5/c17-12(7-21-8-13(18)19)15-10-2-1-3-11(6-10)16-14(20)9-4-5-9/h1-3,6,9H,4-5,7-8H2,(H,15,17)(H,16,20)(H,18,19). The Labute approximate surface area is 121 Å². The molecule has 7 nitrogen and oxygen atoms in total. The molecular weight excluding hydrogens is 276 g/mol. The first kappa shape index (κ1) is 15.0. The van der Waals surface area contributed by atoms with Crippen molar-refractivity contribution in [3.05, 3.63) is 24.3 Å². The van der Waals surface area contributed by atoms with E-state index in [1.54, 1.807) is 24.3 Å². The molecule has 0 unspecified atom stereocenters. The molecule has 1 aliphatic rings. The summed E-state index contributed by atoms with van der Waals surface area (Å²) in [5.74, 6) is -1.49. The Morgan fingerprint density at radius 3 is 2.43 bits per heavy atom. The molecule has 2 rings (SSSR count). The highest BCUT2D eigenvalue weighted by molar-refractivity contribution is 5.96. The summed E-state index contributed by atoms with van der Waals surface area (Å²) in [4.78, 5) is 33.4. The minimum atomic E-state index is -1.13. The second kappa shape index (κ2) is 6.85. The van der Waals surface area contributed by atoms with Gasteiger partial charge in [0.1, 0.15) is 13.2 Å². The van der Waals surface area contributed by atoms with Gasteiger partial charge in [0.05, 0.1) is 0 Å². The van der Waals surface area contributed by atoms with Crippen LogP contribution in [-0.4, -0.2) is 36.1 Å². The lowest BCUT2D eigenvalue weighted by atomic mass is 10.2. The van der Waals surface area contributed by atoms with E-state index in [0.717, 1.165) is 12.8 Å². The van der Waals surface area contributed by atoms with Crippen molar-refractivity contribution in [3.8, 4) is 0 Å². The SMILES string of the molecule is O=C(O)COCC(=O)Nc1cccc(NC(=O)C2CC2)c1. The highest BCUT2D eigenvalue weighted by Crippen LogP contribution is 2.30. The number of anilines is 2. The summed E-state index contributed by atoms with van der Waals surface area (Å²) in [6.45, 7) is -0.865. The molecule has 21 heavy (non-hydrogen) atoms. The van der Waals surface area contributed by atoms with Gasteiger partial charge in [-0.2, -0.15) is 0 Å². The molecule has 1 fully saturated rings. The van der Waals surface area contributed by atoms with Gasteiger partial charge in [-0.15, -0.1) is 0 Å². The molecule has 0 aliphatic heterocycles. The fraction of sp³-hybridized carbons (Fsp3) is 0.357. The Morgan fingerprint density at radius 2 is 1.81 bits per heavy atom. The topological polar surface area (TPSA) is 105 Å². The highest BCUT2D eigenvalue weighted by atomic mass is 16.5. The van der Waals surface area contributed by atoms with Crippen molar-refractivity contribution in [2.24, 2.45) is 5.92 Å². The molecule has 1 aromatic rings. The largest absolute Gasteiger partial charge is 0.480 e. The van der Waals surface area contributed by atoms with Crippen LogP contribution >= 0.6 is 0 Å². The van der Waals surface area contributed by atoms with Crippen LogP contribution in [0.3, 0.4) is 0 Å². The lowest BCUT2D eigenvalue weighted by molar-refractivity contribution is -0.143. The van der Waals surface area contributed by atoms with Crippen LogP contribution in [0, 0.1) is 5.92 Å². The van der Waals surface area contributed by atoms with Crippen molar-refractivity contribution < 1.29 is 24.2 Å². The predicted molar refractivity (Wildman–Crippen MR) is 74.9 cm³/mol. The van der Waals surface area contributed by atoms with Crippen LogP contribution < -0.4 is 10.6 Å². The third kappa shape index (κ3) is 5.23. The van der Waals surface area contributed by atoms with E-state index < -0.39 is 18.5 Å². The van der Waals surface area contributed by atoms with E-state index >= 15 is 0 Å². The second-order valence-electron chi connectivity index (χ2n) is 4.78. The lowest BCUT2D eigenvalue weighted by Crippen LogP contribution is -2.21. The fourth-order valence-corrected chi connectivity index (χ4v) is 1.69. The van der Waals surface area contributed by atoms with Gasteiger partial charge in [-0.1, -0.05) is 6.07 Å². The summed E-state index contributed by atoms with van der Waals surface area (Å²) >= 11 is 0. The van der Waals surface area contributed by atoms with Crippen LogP contribution in [0.2, 0.25) is 0 Å². The van der Waals surface area contributed by atoms with Gasteiger partial charge in [-0.25, -0.2) is 4.79 Å². The van der Waals surface area contributed by atoms with Crippen molar-refractivity contribution in [1.29, 1.82) is 0 Å². The quantitative estimate of drug-likeness (QED) is 0.697. The van der Waals surface area contributed by atoms with Crippen LogP contribution in [0.4, 0.5) is 11.4 Å². The van der Waals surface area contributed by atoms with Crippen molar-refractivity contribution in [2.45, 2.75) is 12.8 Å². The molecule has 3 N–H and O–H groups in total. The molecule has 0 aromatic heterocycles. The van der Waals surface area contributed by atoms with Crippen LogP contribution in [-0.2, 0) is 19.1 Å². The maximum Gasteiger partial charge on any atom is 0.329 e. The minimum absolute atomic E-state index is 0.0109. The Morgan fingerprint density at radius 1 is 1.14 bits per heavy atom. The number of carbonyl (C=O) groups is 3. The Bertz CT molecular complexity index is 554. The number of hydrogen-bond acceptors (Lipinski definition) is 4. The van der Waals surface area contributed by atoms with E-state index in [9.17, 15) is 14.4 Å². The highest BCUT2D eigenvalue weighted by Gasteiger charge is 2.29. The van der Waals surface area contributed by atoms with Crippen molar-refractivity contribution >= 4 is 29.2 Å². The number of rotatable bonds is 7. The van der Waals surface area contributed by atoms with Gasteiger partial charge in [0.15, 0.2) is 0 Å². The Balaban J connectivity index is 1.83. The fourth-order valence-electron chi connectivity index (χ4n) is 1.69. The number of benzene rings is 1.